The van der Waals surface area contributed by atoms with E-state index in [9.17, 15) is 4.79 Å². The number of hydrogen-bond acceptors (Lipinski definition) is 3. The molecule has 2 rings (SSSR count). The molecular formula is C11H11N3O. The summed E-state index contributed by atoms with van der Waals surface area (Å²) in [5, 5.41) is 10.4. The quantitative estimate of drug-likeness (QED) is 0.776. The molecule has 0 spiro atoms. The molecule has 0 atom stereocenters. The number of hydrazine groups is 1. The first-order chi connectivity index (χ1) is 7.29. The number of nitriles is 1. The molecule has 0 aromatic heterocycles. The van der Waals surface area contributed by atoms with E-state index in [1.165, 1.54) is 0 Å². The van der Waals surface area contributed by atoms with E-state index in [0.717, 1.165) is 11.3 Å². The molecule has 1 N–H and O–H groups in total. The summed E-state index contributed by atoms with van der Waals surface area (Å²) in [6.45, 7) is 0.689. The van der Waals surface area contributed by atoms with Crippen LogP contribution in [0.5, 0.6) is 0 Å². The predicted octanol–water partition coefficient (Wildman–Crippen LogP) is 0.994. The molecule has 0 radical (unpaired) electrons. The number of hydrogen-bond donors (Lipinski definition) is 1. The fourth-order valence-corrected chi connectivity index (χ4v) is 1.59. The maximum absolute atomic E-state index is 11.0. The van der Waals surface area contributed by atoms with E-state index in [-0.39, 0.29) is 5.91 Å². The van der Waals surface area contributed by atoms with Gasteiger partial charge in [0.05, 0.1) is 18.2 Å². The molecule has 4 heteroatoms. The van der Waals surface area contributed by atoms with Crippen LogP contribution in [0.4, 0.5) is 5.69 Å². The van der Waals surface area contributed by atoms with Crippen molar-refractivity contribution in [1.29, 1.82) is 5.26 Å². The van der Waals surface area contributed by atoms with Gasteiger partial charge in [0.15, 0.2) is 0 Å². The van der Waals surface area contributed by atoms with E-state index in [0.29, 0.717) is 19.4 Å². The maximum Gasteiger partial charge on any atom is 0.240 e. The highest BCUT2D eigenvalue weighted by Gasteiger charge is 2.18. The smallest absolute Gasteiger partial charge is 0.240 e. The Morgan fingerprint density at radius 2 is 2.40 bits per heavy atom. The van der Waals surface area contributed by atoms with Crippen molar-refractivity contribution in [3.8, 4) is 6.07 Å². The van der Waals surface area contributed by atoms with Gasteiger partial charge < -0.3 is 0 Å². The van der Waals surface area contributed by atoms with Crippen LogP contribution in [-0.2, 0) is 11.2 Å². The number of carbonyl (C=O) groups excluding carboxylic acids is 1. The molecule has 1 aromatic rings. The molecular weight excluding hydrogens is 190 g/mol. The molecule has 0 bridgehead atoms. The topological polar surface area (TPSA) is 56.1 Å². The minimum atomic E-state index is 0.0423. The van der Waals surface area contributed by atoms with Crippen molar-refractivity contribution in [3.05, 3.63) is 29.8 Å². The number of rotatable bonds is 2. The van der Waals surface area contributed by atoms with Crippen LogP contribution in [0.25, 0.3) is 0 Å². The van der Waals surface area contributed by atoms with Gasteiger partial charge >= 0.3 is 0 Å². The molecule has 76 valence electrons. The van der Waals surface area contributed by atoms with Crippen LogP contribution in [0.1, 0.15) is 12.0 Å². The standard InChI is InChI=1S/C11H11N3O/c12-6-4-9-2-1-3-10(8-9)14-7-5-11(15)13-14/h1-3,8H,4-5,7H2,(H,13,15). The van der Waals surface area contributed by atoms with E-state index in [2.05, 4.69) is 11.5 Å². The zero-order valence-corrected chi connectivity index (χ0v) is 8.23. The normalized spacial score (nSPS) is 14.9. The summed E-state index contributed by atoms with van der Waals surface area (Å²) in [7, 11) is 0. The minimum absolute atomic E-state index is 0.0423. The molecule has 1 amide bonds. The molecule has 0 aliphatic carbocycles. The lowest BCUT2D eigenvalue weighted by atomic mass is 10.1. The monoisotopic (exact) mass is 201 g/mol. The van der Waals surface area contributed by atoms with Crippen molar-refractivity contribution >= 4 is 11.6 Å². The summed E-state index contributed by atoms with van der Waals surface area (Å²) < 4.78 is 0. The lowest BCUT2D eigenvalue weighted by Gasteiger charge is -2.17. The van der Waals surface area contributed by atoms with E-state index >= 15 is 0 Å². The summed E-state index contributed by atoms with van der Waals surface area (Å²) >= 11 is 0. The molecule has 1 fully saturated rings. The van der Waals surface area contributed by atoms with Crippen molar-refractivity contribution in [2.24, 2.45) is 0 Å². The first kappa shape index (κ1) is 9.53. The Hall–Kier alpha value is -2.02. The summed E-state index contributed by atoms with van der Waals surface area (Å²) in [5.74, 6) is 0.0423. The third kappa shape index (κ3) is 2.08. The average Bonchev–Trinajstić information content (AvgIpc) is 2.66. The van der Waals surface area contributed by atoms with Crippen LogP contribution in [0.3, 0.4) is 0 Å². The number of amides is 1. The molecule has 1 aliphatic heterocycles. The van der Waals surface area contributed by atoms with E-state index < -0.39 is 0 Å². The van der Waals surface area contributed by atoms with Crippen LogP contribution in [0.2, 0.25) is 0 Å². The summed E-state index contributed by atoms with van der Waals surface area (Å²) in [6.07, 6.45) is 0.929. The van der Waals surface area contributed by atoms with Crippen molar-refractivity contribution in [2.75, 3.05) is 11.6 Å². The fourth-order valence-electron chi connectivity index (χ4n) is 1.59. The third-order valence-electron chi connectivity index (χ3n) is 2.33. The molecule has 1 heterocycles. The number of nitrogens with one attached hydrogen (secondary N) is 1. The Morgan fingerprint density at radius 3 is 3.07 bits per heavy atom. The summed E-state index contributed by atoms with van der Waals surface area (Å²) in [4.78, 5) is 11.0. The van der Waals surface area contributed by atoms with Crippen LogP contribution < -0.4 is 10.4 Å². The summed E-state index contributed by atoms with van der Waals surface area (Å²) in [6, 6.07) is 9.76. The second-order valence-corrected chi connectivity index (χ2v) is 3.44. The Balaban J connectivity index is 2.18. The minimum Gasteiger partial charge on any atom is -0.285 e. The first-order valence-corrected chi connectivity index (χ1v) is 4.82. The highest BCUT2D eigenvalue weighted by Crippen LogP contribution is 2.17. The van der Waals surface area contributed by atoms with Gasteiger partial charge in [0.2, 0.25) is 5.91 Å². The van der Waals surface area contributed by atoms with Crippen molar-refractivity contribution in [1.82, 2.24) is 5.43 Å². The highest BCUT2D eigenvalue weighted by molar-refractivity contribution is 5.81. The van der Waals surface area contributed by atoms with E-state index in [4.69, 9.17) is 5.26 Å². The molecule has 15 heavy (non-hydrogen) atoms. The Kier molecular flexibility index (Phi) is 2.55. The number of carbonyl (C=O) groups is 1. The van der Waals surface area contributed by atoms with Gasteiger partial charge in [-0.15, -0.1) is 0 Å². The largest absolute Gasteiger partial charge is 0.285 e. The number of anilines is 1. The molecule has 1 saturated heterocycles. The number of nitrogens with zero attached hydrogens (tertiary/aromatic N) is 2. The zero-order chi connectivity index (χ0) is 10.7. The van der Waals surface area contributed by atoms with Crippen molar-refractivity contribution in [3.63, 3.8) is 0 Å². The summed E-state index contributed by atoms with van der Waals surface area (Å²) in [5.41, 5.74) is 4.66. The average molecular weight is 201 g/mol. The fraction of sp³-hybridized carbons (Fsp3) is 0.273. The van der Waals surface area contributed by atoms with Gasteiger partial charge in [0.1, 0.15) is 0 Å². The third-order valence-corrected chi connectivity index (χ3v) is 2.33. The molecule has 1 aromatic carbocycles. The predicted molar refractivity (Wildman–Crippen MR) is 55.9 cm³/mol. The van der Waals surface area contributed by atoms with Crippen LogP contribution in [0, 0.1) is 11.3 Å². The molecule has 0 saturated carbocycles. The SMILES string of the molecule is N#CCc1cccc(N2CCC(=O)N2)c1. The van der Waals surface area contributed by atoms with Gasteiger partial charge in [-0.2, -0.15) is 5.26 Å². The Bertz CT molecular complexity index is 422. The van der Waals surface area contributed by atoms with Crippen LogP contribution in [0.15, 0.2) is 24.3 Å². The molecule has 1 aliphatic rings. The second kappa shape index (κ2) is 4.01. The maximum atomic E-state index is 11.0. The van der Waals surface area contributed by atoms with Gasteiger partial charge in [-0.05, 0) is 17.7 Å². The van der Waals surface area contributed by atoms with E-state index in [1.54, 1.807) is 0 Å². The lowest BCUT2D eigenvalue weighted by molar-refractivity contribution is -0.119. The van der Waals surface area contributed by atoms with Gasteiger partial charge in [-0.3, -0.25) is 15.2 Å². The van der Waals surface area contributed by atoms with Gasteiger partial charge in [-0.1, -0.05) is 12.1 Å². The molecule has 0 unspecified atom stereocenters. The lowest BCUT2D eigenvalue weighted by Crippen LogP contribution is -2.32. The first-order valence-electron chi connectivity index (χ1n) is 4.82. The van der Waals surface area contributed by atoms with Crippen LogP contribution in [-0.4, -0.2) is 12.5 Å². The zero-order valence-electron chi connectivity index (χ0n) is 8.23. The Labute approximate surface area is 88.1 Å². The highest BCUT2D eigenvalue weighted by atomic mass is 16.2. The van der Waals surface area contributed by atoms with Crippen molar-refractivity contribution < 1.29 is 4.79 Å². The number of benzene rings is 1. The van der Waals surface area contributed by atoms with E-state index in [1.807, 2.05) is 29.3 Å². The van der Waals surface area contributed by atoms with Gasteiger partial charge in [0.25, 0.3) is 0 Å². The Morgan fingerprint density at radius 1 is 1.53 bits per heavy atom. The molecule has 4 nitrogen and oxygen atoms in total. The van der Waals surface area contributed by atoms with Gasteiger partial charge in [-0.25, -0.2) is 0 Å². The van der Waals surface area contributed by atoms with Crippen LogP contribution >= 0.6 is 0 Å². The second-order valence-electron chi connectivity index (χ2n) is 3.44. The van der Waals surface area contributed by atoms with Gasteiger partial charge in [0, 0.05) is 13.0 Å². The van der Waals surface area contributed by atoms with Crippen molar-refractivity contribution in [2.45, 2.75) is 12.8 Å².